The van der Waals surface area contributed by atoms with Crippen LogP contribution >= 0.6 is 0 Å². The Hall–Kier alpha value is -5.50. The van der Waals surface area contributed by atoms with Crippen molar-refractivity contribution in [3.8, 4) is 22.3 Å². The Kier molecular flexibility index (Phi) is 21.3. The highest BCUT2D eigenvalue weighted by Gasteiger charge is 2.43. The second-order valence-electron chi connectivity index (χ2n) is 19.4. The molecule has 0 radical (unpaired) electrons. The molecule has 8 heteroatoms. The molecule has 2 aliphatic carbocycles. The van der Waals surface area contributed by atoms with Gasteiger partial charge in [0.2, 0.25) is 11.6 Å². The van der Waals surface area contributed by atoms with Gasteiger partial charge in [-0.05, 0) is 109 Å². The number of nitrogens with zero attached hydrogens (tertiary/aromatic N) is 2. The molecule has 0 saturated carbocycles. The van der Waals surface area contributed by atoms with Crippen molar-refractivity contribution in [2.45, 2.75) is 201 Å². The van der Waals surface area contributed by atoms with Crippen molar-refractivity contribution >= 4 is 34.9 Å². The van der Waals surface area contributed by atoms with Crippen LogP contribution in [0.3, 0.4) is 0 Å². The van der Waals surface area contributed by atoms with Gasteiger partial charge in [-0.1, -0.05) is 208 Å². The average molecular weight is 937 g/mol. The summed E-state index contributed by atoms with van der Waals surface area (Å²) in [5, 5.41) is 7.75. The van der Waals surface area contributed by atoms with Gasteiger partial charge in [0.1, 0.15) is 11.4 Å². The molecule has 0 atom stereocenters. The molecule has 4 aromatic rings. The first kappa shape index (κ1) is 54.4. The van der Waals surface area contributed by atoms with Gasteiger partial charge in [-0.15, -0.1) is 0 Å². The summed E-state index contributed by atoms with van der Waals surface area (Å²) in [5.41, 5.74) is 11.8. The summed E-state index contributed by atoms with van der Waals surface area (Å²) in [7, 11) is 0. The molecule has 4 aromatic carbocycles. The highest BCUT2D eigenvalue weighted by Crippen LogP contribution is 2.55. The van der Waals surface area contributed by atoms with Crippen LogP contribution < -0.4 is 0 Å². The van der Waals surface area contributed by atoms with E-state index in [0.29, 0.717) is 24.0 Å². The average Bonchev–Trinajstić information content (AvgIpc) is 3.81. The van der Waals surface area contributed by atoms with Gasteiger partial charge < -0.3 is 9.68 Å². The normalized spacial score (nSPS) is 13.9. The zero-order valence-corrected chi connectivity index (χ0v) is 43.3. The fourth-order valence-corrected chi connectivity index (χ4v) is 10.5. The molecule has 0 unspecified atom stereocenters. The molecule has 0 amide bonds. The lowest BCUT2D eigenvalue weighted by molar-refractivity contribution is -0.144. The summed E-state index contributed by atoms with van der Waals surface area (Å²) in [6.07, 6.45) is 20.9. The van der Waals surface area contributed by atoms with E-state index in [0.717, 1.165) is 122 Å². The maximum absolute atomic E-state index is 13.2. The van der Waals surface area contributed by atoms with Crippen LogP contribution in [0.1, 0.15) is 233 Å². The summed E-state index contributed by atoms with van der Waals surface area (Å²) < 4.78 is 0. The van der Waals surface area contributed by atoms with E-state index in [1.807, 2.05) is 12.1 Å². The maximum atomic E-state index is 13.2. The van der Waals surface area contributed by atoms with Gasteiger partial charge in [0, 0.05) is 34.8 Å². The number of carbonyl (C=O) groups is 4. The SMILES string of the molecule is CCCCCC(=O)O/N=C(/C)C(=O)c1ccc2c(c1)C(CCCC)(CCCC)c1ccccc1-2.CCCCCCC(=O)O/N=C(/C)C(=O)c1ccc2c(c1)C(CCCC)(CCCC)c1ccccc1-2. The minimum atomic E-state index is -0.386. The first-order valence-corrected chi connectivity index (χ1v) is 26.5. The molecule has 2 aliphatic rings. The number of Topliss-reactive ketones (excluding diaryl/α,β-unsaturated/α-hetero) is 2. The molecule has 6 rings (SSSR count). The minimum absolute atomic E-state index is 0.0645. The molecule has 0 heterocycles. The fourth-order valence-electron chi connectivity index (χ4n) is 10.5. The zero-order chi connectivity index (χ0) is 49.8. The third-order valence-electron chi connectivity index (χ3n) is 14.3. The smallest absolute Gasteiger partial charge is 0.318 e. The monoisotopic (exact) mass is 937 g/mol. The molecule has 0 N–H and O–H groups in total. The minimum Gasteiger partial charge on any atom is -0.318 e. The third kappa shape index (κ3) is 13.2. The Bertz CT molecular complexity index is 2410. The molecule has 0 bridgehead atoms. The number of ketones is 2. The van der Waals surface area contributed by atoms with Gasteiger partial charge in [0.05, 0.1) is 0 Å². The van der Waals surface area contributed by atoms with Gasteiger partial charge in [0.15, 0.2) is 0 Å². The lowest BCUT2D eigenvalue weighted by Gasteiger charge is -2.32. The van der Waals surface area contributed by atoms with Crippen LogP contribution in [0.15, 0.2) is 95.2 Å². The number of hydrogen-bond donors (Lipinski definition) is 0. The lowest BCUT2D eigenvalue weighted by Crippen LogP contribution is -2.26. The Morgan fingerprint density at radius 1 is 0.406 bits per heavy atom. The second kappa shape index (κ2) is 27.0. The fraction of sp³-hybridized carbons (Fsp3) is 0.508. The van der Waals surface area contributed by atoms with Crippen molar-refractivity contribution in [3.05, 3.63) is 118 Å². The van der Waals surface area contributed by atoms with E-state index in [1.165, 1.54) is 44.5 Å². The van der Waals surface area contributed by atoms with E-state index in [4.69, 9.17) is 9.68 Å². The van der Waals surface area contributed by atoms with E-state index < -0.39 is 0 Å². The van der Waals surface area contributed by atoms with Gasteiger partial charge in [0.25, 0.3) is 0 Å². The lowest BCUT2D eigenvalue weighted by atomic mass is 9.70. The number of rotatable bonds is 27. The topological polar surface area (TPSA) is 111 Å². The van der Waals surface area contributed by atoms with Crippen molar-refractivity contribution < 1.29 is 28.9 Å². The van der Waals surface area contributed by atoms with Crippen molar-refractivity contribution in [1.82, 2.24) is 0 Å². The summed E-state index contributed by atoms with van der Waals surface area (Å²) in [6, 6.07) is 29.5. The first-order chi connectivity index (χ1) is 33.5. The predicted octanol–water partition coefficient (Wildman–Crippen LogP) is 16.4. The molecular formula is C61H80N2O6. The number of unbranched alkanes of at least 4 members (excludes halogenated alkanes) is 9. The van der Waals surface area contributed by atoms with Gasteiger partial charge in [-0.3, -0.25) is 9.59 Å². The molecule has 0 saturated heterocycles. The Labute approximate surface area is 414 Å². The van der Waals surface area contributed by atoms with Gasteiger partial charge in [-0.2, -0.15) is 0 Å². The summed E-state index contributed by atoms with van der Waals surface area (Å²) in [6.45, 7) is 16.4. The van der Waals surface area contributed by atoms with Crippen LogP contribution in [-0.4, -0.2) is 34.9 Å². The Balaban J connectivity index is 0.000000258. The highest BCUT2D eigenvalue weighted by atomic mass is 16.7. The predicted molar refractivity (Wildman–Crippen MR) is 283 cm³/mol. The number of benzene rings is 4. The van der Waals surface area contributed by atoms with E-state index >= 15 is 0 Å². The molecular weight excluding hydrogens is 857 g/mol. The van der Waals surface area contributed by atoms with Crippen LogP contribution in [0.4, 0.5) is 0 Å². The van der Waals surface area contributed by atoms with Gasteiger partial charge >= 0.3 is 11.9 Å². The largest absolute Gasteiger partial charge is 0.335 e. The van der Waals surface area contributed by atoms with Crippen LogP contribution in [0.5, 0.6) is 0 Å². The molecule has 8 nitrogen and oxygen atoms in total. The molecule has 0 spiro atoms. The molecule has 0 fully saturated rings. The van der Waals surface area contributed by atoms with E-state index in [-0.39, 0.29) is 45.8 Å². The van der Waals surface area contributed by atoms with Crippen molar-refractivity contribution in [3.63, 3.8) is 0 Å². The van der Waals surface area contributed by atoms with E-state index in [2.05, 4.69) is 125 Å². The maximum Gasteiger partial charge on any atom is 0.335 e. The van der Waals surface area contributed by atoms with E-state index in [1.54, 1.807) is 13.8 Å². The molecule has 0 aromatic heterocycles. The Morgan fingerprint density at radius 2 is 0.739 bits per heavy atom. The standard InChI is InChI=1S/C31H41NO3.C30H39NO3/c1-5-8-11-12-17-29(33)35-32-23(4)30(34)24-18-19-26-25-15-13-14-16-27(25)31(20-9-6-2,21-10-7-3)28(26)22-24;1-5-8-11-16-28(32)34-31-22(4)29(33)23-17-18-25-24-14-12-13-15-26(24)30(19-9-6-2,20-10-7-3)27(25)21-23/h13-16,18-19,22H,5-12,17,20-21H2,1-4H3;12-15,17-18,21H,5-11,16,19-20H2,1-4H3/b32-23-;31-22-. The van der Waals surface area contributed by atoms with E-state index in [9.17, 15) is 19.2 Å². The second-order valence-corrected chi connectivity index (χ2v) is 19.4. The Morgan fingerprint density at radius 3 is 1.12 bits per heavy atom. The number of hydrogen-bond acceptors (Lipinski definition) is 8. The van der Waals surface area contributed by atoms with Crippen LogP contribution in [0.2, 0.25) is 0 Å². The number of carbonyl (C=O) groups excluding carboxylic acids is 4. The molecule has 370 valence electrons. The summed E-state index contributed by atoms with van der Waals surface area (Å²) in [4.78, 5) is 60.4. The van der Waals surface area contributed by atoms with Crippen molar-refractivity contribution in [2.75, 3.05) is 0 Å². The number of oxime groups is 2. The van der Waals surface area contributed by atoms with Crippen LogP contribution in [0.25, 0.3) is 22.3 Å². The molecule has 0 aliphatic heterocycles. The van der Waals surface area contributed by atoms with Crippen molar-refractivity contribution in [2.24, 2.45) is 10.3 Å². The highest BCUT2D eigenvalue weighted by molar-refractivity contribution is 6.45. The number of fused-ring (bicyclic) bond motifs is 6. The van der Waals surface area contributed by atoms with Gasteiger partial charge in [-0.25, -0.2) is 9.59 Å². The molecule has 69 heavy (non-hydrogen) atoms. The van der Waals surface area contributed by atoms with Crippen LogP contribution in [0, 0.1) is 0 Å². The quantitative estimate of drug-likeness (QED) is 0.0194. The first-order valence-electron chi connectivity index (χ1n) is 26.5. The van der Waals surface area contributed by atoms with Crippen molar-refractivity contribution in [1.29, 1.82) is 0 Å². The summed E-state index contributed by atoms with van der Waals surface area (Å²) >= 11 is 0. The summed E-state index contributed by atoms with van der Waals surface area (Å²) in [5.74, 6) is -1.15. The van der Waals surface area contributed by atoms with Crippen LogP contribution in [-0.2, 0) is 30.1 Å². The zero-order valence-electron chi connectivity index (χ0n) is 43.3. The third-order valence-corrected chi connectivity index (χ3v) is 14.3.